The Labute approximate surface area is 174 Å². The minimum absolute atomic E-state index is 0.431. The van der Waals surface area contributed by atoms with Crippen LogP contribution in [0, 0.1) is 0 Å². The highest BCUT2D eigenvalue weighted by Gasteiger charge is 2.21. The Morgan fingerprint density at radius 3 is 2.67 bits per heavy atom. The lowest BCUT2D eigenvalue weighted by atomic mass is 10.1. The number of piperazine rings is 1. The average molecular weight is 398 g/mol. The third-order valence-electron chi connectivity index (χ3n) is 5.45. The quantitative estimate of drug-likeness (QED) is 0.491. The first kappa shape index (κ1) is 18.3. The topological polar surface area (TPSA) is 99.9 Å². The van der Waals surface area contributed by atoms with E-state index in [0.29, 0.717) is 5.56 Å². The van der Waals surface area contributed by atoms with E-state index in [9.17, 15) is 4.79 Å². The molecule has 1 amide bonds. The van der Waals surface area contributed by atoms with Gasteiger partial charge in [-0.1, -0.05) is 18.2 Å². The summed E-state index contributed by atoms with van der Waals surface area (Å²) in [5.74, 6) is 0.351. The number of para-hydroxylation sites is 1. The molecule has 30 heavy (non-hydrogen) atoms. The van der Waals surface area contributed by atoms with Crippen molar-refractivity contribution in [3.05, 3.63) is 66.5 Å². The van der Waals surface area contributed by atoms with Gasteiger partial charge >= 0.3 is 0 Å². The number of aromatic nitrogens is 3. The number of nitrogens with two attached hydrogens (primary N) is 1. The van der Waals surface area contributed by atoms with Crippen molar-refractivity contribution in [1.82, 2.24) is 20.3 Å². The molecule has 1 saturated heterocycles. The van der Waals surface area contributed by atoms with Crippen molar-refractivity contribution in [3.63, 3.8) is 0 Å². The van der Waals surface area contributed by atoms with E-state index in [1.807, 2.05) is 48.7 Å². The molecule has 1 aliphatic heterocycles. The third kappa shape index (κ3) is 3.40. The van der Waals surface area contributed by atoms with Crippen molar-refractivity contribution in [1.29, 1.82) is 0 Å². The van der Waals surface area contributed by atoms with Crippen molar-refractivity contribution >= 4 is 22.6 Å². The number of nitrogens with one attached hydrogen (secondary N) is 2. The number of fused-ring (bicyclic) bond motifs is 1. The summed E-state index contributed by atoms with van der Waals surface area (Å²) in [6.45, 7) is 3.40. The summed E-state index contributed by atoms with van der Waals surface area (Å²) < 4.78 is 0. The molecule has 0 bridgehead atoms. The summed E-state index contributed by atoms with van der Waals surface area (Å²) in [5, 5.41) is 4.39. The Balaban J connectivity index is 1.54. The van der Waals surface area contributed by atoms with Crippen LogP contribution >= 0.6 is 0 Å². The molecule has 1 fully saturated rings. The largest absolute Gasteiger partial charge is 0.365 e. The molecule has 0 atom stereocenters. The van der Waals surface area contributed by atoms with Crippen LogP contribution in [0.25, 0.3) is 33.4 Å². The summed E-state index contributed by atoms with van der Waals surface area (Å²) in [7, 11) is 0. The van der Waals surface area contributed by atoms with E-state index in [1.165, 1.54) is 0 Å². The van der Waals surface area contributed by atoms with E-state index < -0.39 is 5.91 Å². The number of hydrogen-bond donors (Lipinski definition) is 3. The monoisotopic (exact) mass is 398 g/mol. The molecule has 7 heteroatoms. The number of amides is 1. The summed E-state index contributed by atoms with van der Waals surface area (Å²) in [6.07, 6.45) is 3.61. The normalized spacial score (nSPS) is 14.2. The molecule has 0 unspecified atom stereocenters. The van der Waals surface area contributed by atoms with Gasteiger partial charge < -0.3 is 20.9 Å². The van der Waals surface area contributed by atoms with Gasteiger partial charge in [-0.15, -0.1) is 0 Å². The second-order valence-corrected chi connectivity index (χ2v) is 7.39. The highest BCUT2D eigenvalue weighted by Crippen LogP contribution is 2.30. The lowest BCUT2D eigenvalue weighted by Gasteiger charge is -2.28. The lowest BCUT2D eigenvalue weighted by molar-refractivity contribution is 0.100. The molecule has 1 aliphatic rings. The Hall–Kier alpha value is -3.71. The number of H-pyrrole nitrogens is 1. The number of carbonyl (C=O) groups is 1. The molecule has 3 aromatic heterocycles. The number of hydrogen-bond acceptors (Lipinski definition) is 5. The van der Waals surface area contributed by atoms with Gasteiger partial charge in [0.2, 0.25) is 0 Å². The number of anilines is 1. The molecule has 0 saturated carbocycles. The number of nitrogens with zero attached hydrogens (tertiary/aromatic N) is 3. The van der Waals surface area contributed by atoms with E-state index >= 15 is 0 Å². The fourth-order valence-corrected chi connectivity index (χ4v) is 3.89. The molecule has 4 heterocycles. The van der Waals surface area contributed by atoms with Gasteiger partial charge in [0.25, 0.3) is 5.91 Å². The van der Waals surface area contributed by atoms with Crippen LogP contribution in [0.15, 0.2) is 60.9 Å². The van der Waals surface area contributed by atoms with Crippen LogP contribution in [0.4, 0.5) is 5.82 Å². The Bertz CT molecular complexity index is 1230. The molecular formula is C23H22N6O. The molecule has 5 rings (SSSR count). The smallest absolute Gasteiger partial charge is 0.252 e. The van der Waals surface area contributed by atoms with Crippen molar-refractivity contribution in [2.24, 2.45) is 5.73 Å². The number of aromatic amines is 1. The standard InChI is InChI=1S/C23H22N6O/c24-22(30)18-13-21(28-23(18)29-9-7-25-8-10-29)16-5-6-26-20(12-16)17-11-15-3-1-2-4-19(15)27-14-17/h1-6,11-14,25,28H,7-10H2,(H2,24,30). The minimum Gasteiger partial charge on any atom is -0.365 e. The summed E-state index contributed by atoms with van der Waals surface area (Å²) in [5.41, 5.74) is 10.7. The van der Waals surface area contributed by atoms with Crippen molar-refractivity contribution in [3.8, 4) is 22.5 Å². The Morgan fingerprint density at radius 1 is 1.00 bits per heavy atom. The number of primary amides is 1. The van der Waals surface area contributed by atoms with Gasteiger partial charge in [-0.25, -0.2) is 0 Å². The summed E-state index contributed by atoms with van der Waals surface area (Å²) in [4.78, 5) is 26.7. The Kier molecular flexibility index (Phi) is 4.65. The van der Waals surface area contributed by atoms with E-state index in [4.69, 9.17) is 5.73 Å². The van der Waals surface area contributed by atoms with Gasteiger partial charge in [-0.3, -0.25) is 14.8 Å². The molecule has 4 aromatic rings. The number of carbonyl (C=O) groups excluding carboxylic acids is 1. The first-order chi connectivity index (χ1) is 14.7. The highest BCUT2D eigenvalue weighted by molar-refractivity contribution is 5.99. The van der Waals surface area contributed by atoms with Crippen LogP contribution in [0.5, 0.6) is 0 Å². The van der Waals surface area contributed by atoms with E-state index in [2.05, 4.69) is 31.2 Å². The van der Waals surface area contributed by atoms with E-state index in [0.717, 1.165) is 65.4 Å². The van der Waals surface area contributed by atoms with Gasteiger partial charge in [0.1, 0.15) is 5.82 Å². The fraction of sp³-hybridized carbons (Fsp3) is 0.174. The van der Waals surface area contributed by atoms with Crippen LogP contribution < -0.4 is 16.0 Å². The number of rotatable bonds is 4. The molecule has 0 spiro atoms. The predicted molar refractivity (Wildman–Crippen MR) is 118 cm³/mol. The number of benzene rings is 1. The van der Waals surface area contributed by atoms with Crippen LogP contribution in [0.2, 0.25) is 0 Å². The zero-order valence-corrected chi connectivity index (χ0v) is 16.4. The molecule has 1 aromatic carbocycles. The summed E-state index contributed by atoms with van der Waals surface area (Å²) >= 11 is 0. The zero-order valence-electron chi connectivity index (χ0n) is 16.4. The van der Waals surface area contributed by atoms with E-state index in [1.54, 1.807) is 6.20 Å². The molecule has 4 N–H and O–H groups in total. The maximum atomic E-state index is 12.1. The summed E-state index contributed by atoms with van der Waals surface area (Å²) in [6, 6.07) is 15.9. The predicted octanol–water partition coefficient (Wildman–Crippen LogP) is 2.80. The van der Waals surface area contributed by atoms with Crippen LogP contribution in [0.1, 0.15) is 10.4 Å². The number of pyridine rings is 2. The SMILES string of the molecule is NC(=O)c1cc(-c2ccnc(-c3cnc4ccccc4c3)c2)[nH]c1N1CCNCC1. The van der Waals surface area contributed by atoms with Crippen LogP contribution in [-0.4, -0.2) is 47.0 Å². The molecule has 7 nitrogen and oxygen atoms in total. The second-order valence-electron chi connectivity index (χ2n) is 7.39. The first-order valence-corrected chi connectivity index (χ1v) is 9.99. The van der Waals surface area contributed by atoms with Gasteiger partial charge in [0.05, 0.1) is 16.8 Å². The minimum atomic E-state index is -0.431. The lowest BCUT2D eigenvalue weighted by Crippen LogP contribution is -2.44. The van der Waals surface area contributed by atoms with Gasteiger partial charge in [-0.05, 0) is 30.3 Å². The van der Waals surface area contributed by atoms with Gasteiger partial charge in [0, 0.05) is 60.8 Å². The van der Waals surface area contributed by atoms with Gasteiger partial charge in [0.15, 0.2) is 0 Å². The maximum Gasteiger partial charge on any atom is 0.252 e. The van der Waals surface area contributed by atoms with Crippen LogP contribution in [0.3, 0.4) is 0 Å². The van der Waals surface area contributed by atoms with Crippen molar-refractivity contribution in [2.75, 3.05) is 31.1 Å². The second kappa shape index (κ2) is 7.61. The first-order valence-electron chi connectivity index (χ1n) is 9.99. The zero-order chi connectivity index (χ0) is 20.5. The van der Waals surface area contributed by atoms with E-state index in [-0.39, 0.29) is 0 Å². The highest BCUT2D eigenvalue weighted by atomic mass is 16.1. The molecule has 0 radical (unpaired) electrons. The fourth-order valence-electron chi connectivity index (χ4n) is 3.89. The van der Waals surface area contributed by atoms with Crippen LogP contribution in [-0.2, 0) is 0 Å². The maximum absolute atomic E-state index is 12.1. The Morgan fingerprint density at radius 2 is 1.83 bits per heavy atom. The van der Waals surface area contributed by atoms with Crippen molar-refractivity contribution in [2.45, 2.75) is 0 Å². The molecule has 0 aliphatic carbocycles. The average Bonchev–Trinajstić information content (AvgIpc) is 3.25. The van der Waals surface area contributed by atoms with Gasteiger partial charge in [-0.2, -0.15) is 0 Å². The molecular weight excluding hydrogens is 376 g/mol. The van der Waals surface area contributed by atoms with Crippen molar-refractivity contribution < 1.29 is 4.79 Å². The third-order valence-corrected chi connectivity index (χ3v) is 5.45. The molecule has 150 valence electrons.